The lowest BCUT2D eigenvalue weighted by Gasteiger charge is -2.25. The van der Waals surface area contributed by atoms with E-state index in [0.717, 1.165) is 6.07 Å². The van der Waals surface area contributed by atoms with Crippen LogP contribution in [0.1, 0.15) is 17.3 Å². The number of pyridine rings is 1. The number of carboxylic acids is 1. The van der Waals surface area contributed by atoms with Gasteiger partial charge in [-0.05, 0) is 25.1 Å². The molecule has 0 saturated heterocycles. The summed E-state index contributed by atoms with van der Waals surface area (Å²) < 4.78 is 18.5. The van der Waals surface area contributed by atoms with Gasteiger partial charge in [0, 0.05) is 18.7 Å². The molecule has 1 unspecified atom stereocenters. The third-order valence-electron chi connectivity index (χ3n) is 3.21. The van der Waals surface area contributed by atoms with E-state index in [1.54, 1.807) is 12.1 Å². The maximum Gasteiger partial charge on any atom is 0.331 e. The number of carbonyl (C=O) groups excluding carboxylic acids is 1. The third-order valence-corrected chi connectivity index (χ3v) is 3.21. The van der Waals surface area contributed by atoms with Crippen LogP contribution in [0.15, 0.2) is 30.5 Å². The van der Waals surface area contributed by atoms with Gasteiger partial charge in [0.25, 0.3) is 5.91 Å². The summed E-state index contributed by atoms with van der Waals surface area (Å²) in [4.78, 5) is 27.8. The standard InChI is InChI=1S/C15H15FN2O4/c1-15(8-22-2,14(20)21)18-13(19)11-7-10(16)6-9-4-3-5-17-12(9)11/h3-7H,8H2,1-2H3,(H,18,19)(H,20,21). The van der Waals surface area contributed by atoms with Crippen molar-refractivity contribution in [1.29, 1.82) is 0 Å². The van der Waals surface area contributed by atoms with Crippen LogP contribution in [0.2, 0.25) is 0 Å². The number of aliphatic carboxylic acids is 1. The lowest BCUT2D eigenvalue weighted by Crippen LogP contribution is -2.55. The lowest BCUT2D eigenvalue weighted by atomic mass is 10.0. The summed E-state index contributed by atoms with van der Waals surface area (Å²) in [7, 11) is 1.33. The molecule has 0 radical (unpaired) electrons. The summed E-state index contributed by atoms with van der Waals surface area (Å²) in [5.74, 6) is -2.59. The Morgan fingerprint density at radius 2 is 2.18 bits per heavy atom. The van der Waals surface area contributed by atoms with Gasteiger partial charge in [-0.3, -0.25) is 9.78 Å². The van der Waals surface area contributed by atoms with Gasteiger partial charge in [-0.25, -0.2) is 9.18 Å². The smallest absolute Gasteiger partial charge is 0.331 e. The molecule has 1 atom stereocenters. The number of ether oxygens (including phenoxy) is 1. The SMILES string of the molecule is COCC(C)(NC(=O)c1cc(F)cc2cccnc12)C(=O)O. The lowest BCUT2D eigenvalue weighted by molar-refractivity contribution is -0.145. The van der Waals surface area contributed by atoms with Crippen LogP contribution in [-0.2, 0) is 9.53 Å². The van der Waals surface area contributed by atoms with Gasteiger partial charge in [-0.15, -0.1) is 0 Å². The molecule has 1 amide bonds. The number of carboxylic acid groups (broad SMARTS) is 1. The van der Waals surface area contributed by atoms with Gasteiger partial charge in [-0.1, -0.05) is 6.07 Å². The molecule has 0 saturated carbocycles. The Morgan fingerprint density at radius 1 is 1.45 bits per heavy atom. The fourth-order valence-electron chi connectivity index (χ4n) is 2.09. The van der Waals surface area contributed by atoms with E-state index < -0.39 is 23.2 Å². The fraction of sp³-hybridized carbons (Fsp3) is 0.267. The zero-order valence-electron chi connectivity index (χ0n) is 12.1. The van der Waals surface area contributed by atoms with Gasteiger partial charge in [0.15, 0.2) is 5.54 Å². The molecule has 2 N–H and O–H groups in total. The molecule has 2 rings (SSSR count). The number of nitrogens with one attached hydrogen (secondary N) is 1. The number of aromatic nitrogens is 1. The third kappa shape index (κ3) is 3.04. The van der Waals surface area contributed by atoms with Gasteiger partial charge in [0.1, 0.15) is 5.82 Å². The maximum atomic E-state index is 13.6. The molecule has 7 heteroatoms. The van der Waals surface area contributed by atoms with E-state index in [1.807, 2.05) is 0 Å². The van der Waals surface area contributed by atoms with E-state index in [9.17, 15) is 19.1 Å². The van der Waals surface area contributed by atoms with E-state index in [1.165, 1.54) is 26.3 Å². The minimum Gasteiger partial charge on any atom is -0.479 e. The predicted molar refractivity (Wildman–Crippen MR) is 77.1 cm³/mol. The normalized spacial score (nSPS) is 13.6. The Bertz CT molecular complexity index is 735. The second-order valence-corrected chi connectivity index (χ2v) is 5.05. The van der Waals surface area contributed by atoms with Crippen molar-refractivity contribution in [2.45, 2.75) is 12.5 Å². The number of fused-ring (bicyclic) bond motifs is 1. The van der Waals surface area contributed by atoms with Crippen molar-refractivity contribution >= 4 is 22.8 Å². The Hall–Kier alpha value is -2.54. The average molecular weight is 306 g/mol. The largest absolute Gasteiger partial charge is 0.479 e. The molecule has 22 heavy (non-hydrogen) atoms. The Morgan fingerprint density at radius 3 is 2.82 bits per heavy atom. The number of nitrogens with zero attached hydrogens (tertiary/aromatic N) is 1. The summed E-state index contributed by atoms with van der Waals surface area (Å²) in [5, 5.41) is 12.1. The van der Waals surface area contributed by atoms with Crippen molar-refractivity contribution in [3.63, 3.8) is 0 Å². The van der Waals surface area contributed by atoms with E-state index in [-0.39, 0.29) is 12.2 Å². The zero-order valence-corrected chi connectivity index (χ0v) is 12.1. The number of hydrogen-bond acceptors (Lipinski definition) is 4. The van der Waals surface area contributed by atoms with E-state index in [0.29, 0.717) is 10.9 Å². The summed E-state index contributed by atoms with van der Waals surface area (Å²) in [5.41, 5.74) is -1.36. The molecule has 6 nitrogen and oxygen atoms in total. The second kappa shape index (κ2) is 6.07. The number of carbonyl (C=O) groups is 2. The number of hydrogen-bond donors (Lipinski definition) is 2. The van der Waals surface area contributed by atoms with Crippen LogP contribution in [0.3, 0.4) is 0 Å². The van der Waals surface area contributed by atoms with Crippen molar-refractivity contribution in [3.05, 3.63) is 41.8 Å². The molecule has 0 aliphatic carbocycles. The zero-order chi connectivity index (χ0) is 16.3. The highest BCUT2D eigenvalue weighted by atomic mass is 19.1. The topological polar surface area (TPSA) is 88.5 Å². The molecular formula is C15H15FN2O4. The van der Waals surface area contributed by atoms with E-state index in [2.05, 4.69) is 10.3 Å². The first-order valence-electron chi connectivity index (χ1n) is 6.46. The number of benzene rings is 1. The van der Waals surface area contributed by atoms with Crippen molar-refractivity contribution < 1.29 is 23.8 Å². The van der Waals surface area contributed by atoms with E-state index >= 15 is 0 Å². The van der Waals surface area contributed by atoms with Crippen LogP contribution in [0.25, 0.3) is 10.9 Å². The minimum absolute atomic E-state index is 0.0285. The van der Waals surface area contributed by atoms with Crippen LogP contribution >= 0.6 is 0 Å². The summed E-state index contributed by atoms with van der Waals surface area (Å²) in [6, 6.07) is 5.52. The van der Waals surface area contributed by atoms with Crippen molar-refractivity contribution in [3.8, 4) is 0 Å². The predicted octanol–water partition coefficient (Wildman–Crippen LogP) is 1.59. The highest BCUT2D eigenvalue weighted by molar-refractivity contribution is 6.07. The second-order valence-electron chi connectivity index (χ2n) is 5.05. The molecule has 0 aliphatic heterocycles. The van der Waals surface area contributed by atoms with Gasteiger partial charge in [0.05, 0.1) is 17.7 Å². The molecular weight excluding hydrogens is 291 g/mol. The Labute approximate surface area is 125 Å². The van der Waals surface area contributed by atoms with Crippen LogP contribution in [0.4, 0.5) is 4.39 Å². The highest BCUT2D eigenvalue weighted by Gasteiger charge is 2.35. The molecule has 1 aromatic carbocycles. The molecule has 0 aliphatic rings. The number of methoxy groups -OCH3 is 1. The van der Waals surface area contributed by atoms with Crippen molar-refractivity contribution in [1.82, 2.24) is 10.3 Å². The quantitative estimate of drug-likeness (QED) is 0.876. The minimum atomic E-state index is -1.63. The summed E-state index contributed by atoms with van der Waals surface area (Å²) in [6.45, 7) is 1.08. The van der Waals surface area contributed by atoms with E-state index in [4.69, 9.17) is 4.74 Å². The Balaban J connectivity index is 2.43. The first kappa shape index (κ1) is 15.8. The first-order valence-corrected chi connectivity index (χ1v) is 6.46. The molecule has 0 spiro atoms. The van der Waals surface area contributed by atoms with Crippen molar-refractivity contribution in [2.24, 2.45) is 0 Å². The number of amides is 1. The molecule has 1 aromatic heterocycles. The Kier molecular flexibility index (Phi) is 4.37. The van der Waals surface area contributed by atoms with Crippen LogP contribution in [0, 0.1) is 5.82 Å². The summed E-state index contributed by atoms with van der Waals surface area (Å²) >= 11 is 0. The molecule has 0 bridgehead atoms. The monoisotopic (exact) mass is 306 g/mol. The van der Waals surface area contributed by atoms with Crippen LogP contribution in [0.5, 0.6) is 0 Å². The van der Waals surface area contributed by atoms with Gasteiger partial charge in [-0.2, -0.15) is 0 Å². The van der Waals surface area contributed by atoms with Gasteiger partial charge in [0.2, 0.25) is 0 Å². The number of halogens is 1. The maximum absolute atomic E-state index is 13.6. The summed E-state index contributed by atoms with van der Waals surface area (Å²) in [6.07, 6.45) is 1.47. The van der Waals surface area contributed by atoms with Crippen molar-refractivity contribution in [2.75, 3.05) is 13.7 Å². The van der Waals surface area contributed by atoms with Crippen LogP contribution < -0.4 is 5.32 Å². The fourth-order valence-corrected chi connectivity index (χ4v) is 2.09. The van der Waals surface area contributed by atoms with Gasteiger partial charge < -0.3 is 15.2 Å². The highest BCUT2D eigenvalue weighted by Crippen LogP contribution is 2.19. The average Bonchev–Trinajstić information content (AvgIpc) is 2.46. The van der Waals surface area contributed by atoms with Crippen LogP contribution in [-0.4, -0.2) is 41.2 Å². The molecule has 116 valence electrons. The van der Waals surface area contributed by atoms with Gasteiger partial charge >= 0.3 is 5.97 Å². The molecule has 0 fully saturated rings. The number of rotatable bonds is 5. The first-order chi connectivity index (χ1) is 10.4. The molecule has 2 aromatic rings. The molecule has 1 heterocycles.